The van der Waals surface area contributed by atoms with Crippen LogP contribution in [0.15, 0.2) is 48.7 Å². The fourth-order valence-electron chi connectivity index (χ4n) is 3.61. The van der Waals surface area contributed by atoms with Crippen molar-refractivity contribution in [2.45, 2.75) is 19.8 Å². The van der Waals surface area contributed by atoms with Crippen molar-refractivity contribution in [3.63, 3.8) is 0 Å². The van der Waals surface area contributed by atoms with E-state index < -0.39 is 5.82 Å². The molecule has 1 aromatic carbocycles. The van der Waals surface area contributed by atoms with E-state index in [0.717, 1.165) is 37.3 Å². The molecule has 0 N–H and O–H groups in total. The van der Waals surface area contributed by atoms with E-state index in [9.17, 15) is 4.39 Å². The summed E-state index contributed by atoms with van der Waals surface area (Å²) in [7, 11) is 0. The zero-order valence-electron chi connectivity index (χ0n) is 15.5. The van der Waals surface area contributed by atoms with Crippen LogP contribution in [0.5, 0.6) is 0 Å². The first-order chi connectivity index (χ1) is 13.5. The molecule has 0 spiro atoms. The fraction of sp³-hybridized carbons (Fsp3) is 0.273. The molecule has 0 saturated carbocycles. The van der Waals surface area contributed by atoms with Crippen LogP contribution in [0, 0.1) is 11.7 Å². The average molecular weight is 416 g/mol. The first-order valence-electron chi connectivity index (χ1n) is 9.36. The van der Waals surface area contributed by atoms with E-state index in [0.29, 0.717) is 27.8 Å². The Kier molecular flexibility index (Phi) is 5.51. The summed E-state index contributed by atoms with van der Waals surface area (Å²) in [6.07, 6.45) is 3.86. The minimum atomic E-state index is -0.409. The Labute approximate surface area is 174 Å². The van der Waals surface area contributed by atoms with Gasteiger partial charge in [-0.25, -0.2) is 9.37 Å². The Hall–Kier alpha value is -2.17. The lowest BCUT2D eigenvalue weighted by Gasteiger charge is -2.34. The lowest BCUT2D eigenvalue weighted by molar-refractivity contribution is 0.438. The fourth-order valence-corrected chi connectivity index (χ4v) is 4.15. The van der Waals surface area contributed by atoms with Crippen molar-refractivity contribution in [3.8, 4) is 22.5 Å². The van der Waals surface area contributed by atoms with Crippen molar-refractivity contribution in [1.82, 2.24) is 9.97 Å². The first-order valence-corrected chi connectivity index (χ1v) is 10.1. The molecule has 144 valence electrons. The summed E-state index contributed by atoms with van der Waals surface area (Å²) in [6, 6.07) is 12.2. The van der Waals surface area contributed by atoms with Crippen LogP contribution >= 0.6 is 23.2 Å². The van der Waals surface area contributed by atoms with E-state index in [1.165, 1.54) is 6.07 Å². The number of aromatic nitrogens is 2. The molecule has 0 radical (unpaired) electrons. The Morgan fingerprint density at radius 1 is 1.00 bits per heavy atom. The number of halogens is 3. The highest BCUT2D eigenvalue weighted by Crippen LogP contribution is 2.43. The summed E-state index contributed by atoms with van der Waals surface area (Å²) in [5.74, 6) is 0.262. The quantitative estimate of drug-likeness (QED) is 0.457. The summed E-state index contributed by atoms with van der Waals surface area (Å²) in [6.45, 7) is 4.01. The standard InChI is InChI=1S/C22H20Cl2FN3/c1-14-8-11-28(12-9-14)19-13-18(17-7-2-3-10-26-17)27-22(24)21(19)20-15(23)5-4-6-16(20)25/h2-7,10,13-14H,8-9,11-12H2,1H3. The van der Waals surface area contributed by atoms with Crippen molar-refractivity contribution in [2.75, 3.05) is 18.0 Å². The van der Waals surface area contributed by atoms with E-state index in [4.69, 9.17) is 23.2 Å². The molecule has 6 heteroatoms. The third kappa shape index (κ3) is 3.71. The molecule has 0 aliphatic carbocycles. The van der Waals surface area contributed by atoms with Crippen molar-refractivity contribution in [2.24, 2.45) is 5.92 Å². The van der Waals surface area contributed by atoms with Gasteiger partial charge in [-0.1, -0.05) is 42.3 Å². The summed E-state index contributed by atoms with van der Waals surface area (Å²) >= 11 is 13.0. The van der Waals surface area contributed by atoms with Gasteiger partial charge in [0.25, 0.3) is 0 Å². The van der Waals surface area contributed by atoms with Gasteiger partial charge in [0.05, 0.1) is 22.1 Å². The van der Waals surface area contributed by atoms with Crippen LogP contribution in [-0.4, -0.2) is 23.1 Å². The summed E-state index contributed by atoms with van der Waals surface area (Å²) < 4.78 is 14.7. The minimum Gasteiger partial charge on any atom is -0.371 e. The highest BCUT2D eigenvalue weighted by molar-refractivity contribution is 6.36. The smallest absolute Gasteiger partial charge is 0.139 e. The van der Waals surface area contributed by atoms with Gasteiger partial charge in [0, 0.05) is 30.4 Å². The highest BCUT2D eigenvalue weighted by atomic mass is 35.5. The molecule has 0 atom stereocenters. The molecule has 3 aromatic rings. The maximum atomic E-state index is 14.7. The van der Waals surface area contributed by atoms with Gasteiger partial charge >= 0.3 is 0 Å². The van der Waals surface area contributed by atoms with E-state index in [2.05, 4.69) is 21.8 Å². The van der Waals surface area contributed by atoms with Crippen molar-refractivity contribution in [3.05, 3.63) is 64.7 Å². The SMILES string of the molecule is CC1CCN(c2cc(-c3ccccn3)nc(Cl)c2-c2c(F)cccc2Cl)CC1. The van der Waals surface area contributed by atoms with Crippen LogP contribution in [-0.2, 0) is 0 Å². The molecule has 0 bridgehead atoms. The lowest BCUT2D eigenvalue weighted by Crippen LogP contribution is -2.33. The van der Waals surface area contributed by atoms with Crippen LogP contribution in [0.3, 0.4) is 0 Å². The second-order valence-corrected chi connectivity index (χ2v) is 7.94. The monoisotopic (exact) mass is 415 g/mol. The predicted octanol–water partition coefficient (Wildman–Crippen LogP) is 6.49. The number of pyridine rings is 2. The zero-order valence-corrected chi connectivity index (χ0v) is 17.0. The van der Waals surface area contributed by atoms with Crippen molar-refractivity contribution >= 4 is 28.9 Å². The summed E-state index contributed by atoms with van der Waals surface area (Å²) in [4.78, 5) is 11.2. The molecule has 1 aliphatic rings. The molecule has 0 unspecified atom stereocenters. The molecule has 1 aliphatic heterocycles. The van der Waals surface area contributed by atoms with Gasteiger partial charge in [-0.3, -0.25) is 4.98 Å². The van der Waals surface area contributed by atoms with Gasteiger partial charge in [0.15, 0.2) is 0 Å². The molecule has 2 aromatic heterocycles. The van der Waals surface area contributed by atoms with Crippen molar-refractivity contribution in [1.29, 1.82) is 0 Å². The summed E-state index contributed by atoms with van der Waals surface area (Å²) in [5, 5.41) is 0.546. The molecule has 3 heterocycles. The number of hydrogen-bond donors (Lipinski definition) is 0. The minimum absolute atomic E-state index is 0.226. The van der Waals surface area contributed by atoms with Gasteiger partial charge in [0.1, 0.15) is 11.0 Å². The topological polar surface area (TPSA) is 29.0 Å². The van der Waals surface area contributed by atoms with E-state index in [1.807, 2.05) is 24.3 Å². The molecule has 28 heavy (non-hydrogen) atoms. The number of anilines is 1. The number of benzene rings is 1. The van der Waals surface area contributed by atoms with Gasteiger partial charge in [-0.2, -0.15) is 0 Å². The largest absolute Gasteiger partial charge is 0.371 e. The maximum absolute atomic E-state index is 14.7. The maximum Gasteiger partial charge on any atom is 0.139 e. The van der Waals surface area contributed by atoms with Crippen LogP contribution in [0.25, 0.3) is 22.5 Å². The van der Waals surface area contributed by atoms with Crippen LogP contribution < -0.4 is 4.90 Å². The molecule has 1 fully saturated rings. The molecular formula is C22H20Cl2FN3. The number of hydrogen-bond acceptors (Lipinski definition) is 3. The highest BCUT2D eigenvalue weighted by Gasteiger charge is 2.25. The predicted molar refractivity (Wildman–Crippen MR) is 113 cm³/mol. The Bertz CT molecular complexity index is 966. The van der Waals surface area contributed by atoms with Gasteiger partial charge in [-0.15, -0.1) is 0 Å². The van der Waals surface area contributed by atoms with Crippen LogP contribution in [0.4, 0.5) is 10.1 Å². The molecular weight excluding hydrogens is 396 g/mol. The number of piperidine rings is 1. The third-order valence-electron chi connectivity index (χ3n) is 5.22. The van der Waals surface area contributed by atoms with Gasteiger partial charge < -0.3 is 4.90 Å². The second-order valence-electron chi connectivity index (χ2n) is 7.17. The van der Waals surface area contributed by atoms with Crippen LogP contribution in [0.2, 0.25) is 10.2 Å². The van der Waals surface area contributed by atoms with E-state index >= 15 is 0 Å². The van der Waals surface area contributed by atoms with Gasteiger partial charge in [-0.05, 0) is 49.1 Å². The summed E-state index contributed by atoms with van der Waals surface area (Å²) in [5.41, 5.74) is 3.07. The van der Waals surface area contributed by atoms with Crippen molar-refractivity contribution < 1.29 is 4.39 Å². The Morgan fingerprint density at radius 3 is 2.46 bits per heavy atom. The molecule has 4 rings (SSSR count). The molecule has 0 amide bonds. The Balaban J connectivity index is 1.92. The first kappa shape index (κ1) is 19.2. The number of rotatable bonds is 3. The van der Waals surface area contributed by atoms with Crippen LogP contribution in [0.1, 0.15) is 19.8 Å². The normalized spacial score (nSPS) is 15.1. The lowest BCUT2D eigenvalue weighted by atomic mass is 9.96. The van der Waals surface area contributed by atoms with E-state index in [1.54, 1.807) is 18.3 Å². The Morgan fingerprint density at radius 2 is 1.79 bits per heavy atom. The second kappa shape index (κ2) is 8.06. The molecule has 3 nitrogen and oxygen atoms in total. The van der Waals surface area contributed by atoms with E-state index in [-0.39, 0.29) is 5.15 Å². The number of nitrogens with zero attached hydrogens (tertiary/aromatic N) is 3. The average Bonchev–Trinajstić information content (AvgIpc) is 2.70. The zero-order chi connectivity index (χ0) is 19.7. The third-order valence-corrected chi connectivity index (χ3v) is 5.81. The van der Waals surface area contributed by atoms with Gasteiger partial charge in [0.2, 0.25) is 0 Å². The molecule has 1 saturated heterocycles.